The van der Waals surface area contributed by atoms with Crippen LogP contribution in [0.3, 0.4) is 0 Å². The second-order valence-electron chi connectivity index (χ2n) is 4.46. The Bertz CT molecular complexity index is 717. The van der Waals surface area contributed by atoms with Crippen molar-refractivity contribution in [2.24, 2.45) is 0 Å². The molecule has 0 saturated carbocycles. The fraction of sp³-hybridized carbons (Fsp3) is 0.250. The van der Waals surface area contributed by atoms with E-state index in [4.69, 9.17) is 15.2 Å². The molecule has 0 unspecified atom stereocenters. The fourth-order valence-electron chi connectivity index (χ4n) is 2.00. The zero-order chi connectivity index (χ0) is 16.8. The summed E-state index contributed by atoms with van der Waals surface area (Å²) in [6.45, 7) is 3.67. The molecule has 2 N–H and O–H groups in total. The molecule has 2 rings (SSSR count). The third-order valence-corrected chi connectivity index (χ3v) is 2.93. The standard InChI is InChI=1S/C16H17N3O4/c1-3-22-15(20)12-11(10-8-6-5-7-9-10)13(17)19-14(18-12)16(21)23-4-2/h5-9H,3-4H2,1-2H3,(H2,17,18,19). The second-order valence-corrected chi connectivity index (χ2v) is 4.46. The first-order valence-electron chi connectivity index (χ1n) is 7.15. The summed E-state index contributed by atoms with van der Waals surface area (Å²) >= 11 is 0. The number of hydrogen-bond donors (Lipinski definition) is 1. The summed E-state index contributed by atoms with van der Waals surface area (Å²) in [5.41, 5.74) is 6.88. The van der Waals surface area contributed by atoms with Crippen molar-refractivity contribution in [3.05, 3.63) is 41.9 Å². The number of nitrogens with two attached hydrogens (primary N) is 1. The Hall–Kier alpha value is -2.96. The molecule has 0 atom stereocenters. The monoisotopic (exact) mass is 315 g/mol. The highest BCUT2D eigenvalue weighted by Gasteiger charge is 2.24. The lowest BCUT2D eigenvalue weighted by Crippen LogP contribution is -2.18. The van der Waals surface area contributed by atoms with Gasteiger partial charge >= 0.3 is 11.9 Å². The summed E-state index contributed by atoms with van der Waals surface area (Å²) in [6.07, 6.45) is 0. The molecule has 1 aromatic heterocycles. The minimum absolute atomic E-state index is 0.0114. The number of carbonyl (C=O) groups is 2. The number of aromatic nitrogens is 2. The van der Waals surface area contributed by atoms with Crippen molar-refractivity contribution in [3.63, 3.8) is 0 Å². The van der Waals surface area contributed by atoms with Crippen LogP contribution in [0.25, 0.3) is 11.1 Å². The summed E-state index contributed by atoms with van der Waals surface area (Å²) in [4.78, 5) is 32.0. The molecule has 7 nitrogen and oxygen atoms in total. The number of anilines is 1. The summed E-state index contributed by atoms with van der Waals surface area (Å²) in [6, 6.07) is 8.95. The molecule has 1 heterocycles. The highest BCUT2D eigenvalue weighted by Crippen LogP contribution is 2.28. The first-order valence-corrected chi connectivity index (χ1v) is 7.15. The van der Waals surface area contributed by atoms with Crippen molar-refractivity contribution in [1.29, 1.82) is 0 Å². The maximum Gasteiger partial charge on any atom is 0.376 e. The lowest BCUT2D eigenvalue weighted by molar-refractivity contribution is 0.0506. The Morgan fingerprint density at radius 1 is 1.00 bits per heavy atom. The summed E-state index contributed by atoms with van der Waals surface area (Å²) in [5.74, 6) is -1.68. The average molecular weight is 315 g/mol. The van der Waals surface area contributed by atoms with Crippen LogP contribution in [0, 0.1) is 0 Å². The Kier molecular flexibility index (Phi) is 5.24. The molecule has 0 saturated heterocycles. The van der Waals surface area contributed by atoms with Crippen LogP contribution < -0.4 is 5.73 Å². The molecule has 0 fully saturated rings. The molecule has 0 aliphatic carbocycles. The van der Waals surface area contributed by atoms with Crippen LogP contribution in [0.5, 0.6) is 0 Å². The molecule has 0 spiro atoms. The second kappa shape index (κ2) is 7.35. The highest BCUT2D eigenvalue weighted by molar-refractivity contribution is 5.99. The number of nitrogen functional groups attached to an aromatic ring is 1. The van der Waals surface area contributed by atoms with Crippen molar-refractivity contribution in [2.45, 2.75) is 13.8 Å². The molecular formula is C16H17N3O4. The van der Waals surface area contributed by atoms with Crippen LogP contribution in [0.4, 0.5) is 5.82 Å². The van der Waals surface area contributed by atoms with Crippen LogP contribution in [0.1, 0.15) is 35.0 Å². The first kappa shape index (κ1) is 16.4. The maximum absolute atomic E-state index is 12.2. The van der Waals surface area contributed by atoms with E-state index in [0.717, 1.165) is 0 Å². The lowest BCUT2D eigenvalue weighted by atomic mass is 10.0. The van der Waals surface area contributed by atoms with Gasteiger partial charge in [-0.05, 0) is 19.4 Å². The van der Waals surface area contributed by atoms with E-state index in [2.05, 4.69) is 9.97 Å². The molecule has 2 aromatic rings. The van der Waals surface area contributed by atoms with Crippen LogP contribution in [-0.2, 0) is 9.47 Å². The molecule has 1 aromatic carbocycles. The van der Waals surface area contributed by atoms with Gasteiger partial charge < -0.3 is 15.2 Å². The zero-order valence-electron chi connectivity index (χ0n) is 12.9. The molecular weight excluding hydrogens is 298 g/mol. The predicted octanol–water partition coefficient (Wildman–Crippen LogP) is 2.08. The third kappa shape index (κ3) is 3.63. The van der Waals surface area contributed by atoms with E-state index in [1.54, 1.807) is 38.1 Å². The first-order chi connectivity index (χ1) is 11.1. The molecule has 0 bridgehead atoms. The summed E-state index contributed by atoms with van der Waals surface area (Å²) in [5, 5.41) is 0. The van der Waals surface area contributed by atoms with Gasteiger partial charge in [-0.25, -0.2) is 19.6 Å². The minimum atomic E-state index is -0.746. The molecule has 0 aliphatic heterocycles. The molecule has 0 amide bonds. The average Bonchev–Trinajstić information content (AvgIpc) is 2.55. The Balaban J connectivity index is 2.61. The van der Waals surface area contributed by atoms with Crippen LogP contribution >= 0.6 is 0 Å². The molecule has 23 heavy (non-hydrogen) atoms. The van der Waals surface area contributed by atoms with E-state index in [1.165, 1.54) is 0 Å². The van der Waals surface area contributed by atoms with Gasteiger partial charge in [0.15, 0.2) is 5.69 Å². The van der Waals surface area contributed by atoms with Crippen LogP contribution in [-0.4, -0.2) is 35.1 Å². The topological polar surface area (TPSA) is 104 Å². The van der Waals surface area contributed by atoms with Crippen molar-refractivity contribution in [3.8, 4) is 11.1 Å². The number of benzene rings is 1. The van der Waals surface area contributed by atoms with E-state index < -0.39 is 11.9 Å². The Morgan fingerprint density at radius 3 is 2.22 bits per heavy atom. The van der Waals surface area contributed by atoms with Gasteiger partial charge in [0.1, 0.15) is 5.82 Å². The minimum Gasteiger partial charge on any atom is -0.461 e. The smallest absolute Gasteiger partial charge is 0.376 e. The normalized spacial score (nSPS) is 10.2. The van der Waals surface area contributed by atoms with E-state index in [9.17, 15) is 9.59 Å². The van der Waals surface area contributed by atoms with Crippen LogP contribution in [0.2, 0.25) is 0 Å². The van der Waals surface area contributed by atoms with Gasteiger partial charge in [-0.15, -0.1) is 0 Å². The van der Waals surface area contributed by atoms with Gasteiger partial charge in [0.2, 0.25) is 5.82 Å². The van der Waals surface area contributed by atoms with E-state index >= 15 is 0 Å². The lowest BCUT2D eigenvalue weighted by Gasteiger charge is -2.12. The van der Waals surface area contributed by atoms with E-state index in [0.29, 0.717) is 11.1 Å². The van der Waals surface area contributed by atoms with Gasteiger partial charge in [-0.3, -0.25) is 0 Å². The Labute approximate surface area is 133 Å². The number of rotatable bonds is 5. The summed E-state index contributed by atoms with van der Waals surface area (Å²) in [7, 11) is 0. The van der Waals surface area contributed by atoms with Gasteiger partial charge in [0, 0.05) is 0 Å². The van der Waals surface area contributed by atoms with Crippen molar-refractivity contribution in [2.75, 3.05) is 18.9 Å². The maximum atomic E-state index is 12.2. The van der Waals surface area contributed by atoms with E-state index in [-0.39, 0.29) is 30.5 Å². The number of carbonyl (C=O) groups excluding carboxylic acids is 2. The molecule has 120 valence electrons. The fourth-order valence-corrected chi connectivity index (χ4v) is 2.00. The molecule has 0 radical (unpaired) electrons. The predicted molar refractivity (Wildman–Crippen MR) is 83.8 cm³/mol. The Morgan fingerprint density at radius 2 is 1.61 bits per heavy atom. The number of hydrogen-bond acceptors (Lipinski definition) is 7. The van der Waals surface area contributed by atoms with Gasteiger partial charge in [-0.1, -0.05) is 30.3 Å². The number of ether oxygens (including phenoxy) is 2. The zero-order valence-corrected chi connectivity index (χ0v) is 12.9. The quantitative estimate of drug-likeness (QED) is 0.842. The summed E-state index contributed by atoms with van der Waals surface area (Å²) < 4.78 is 9.85. The van der Waals surface area contributed by atoms with Crippen molar-refractivity contribution < 1.29 is 19.1 Å². The molecule has 0 aliphatic rings. The van der Waals surface area contributed by atoms with Gasteiger partial charge in [0.25, 0.3) is 0 Å². The van der Waals surface area contributed by atoms with Gasteiger partial charge in [-0.2, -0.15) is 0 Å². The van der Waals surface area contributed by atoms with Gasteiger partial charge in [0.05, 0.1) is 18.8 Å². The number of esters is 2. The van der Waals surface area contributed by atoms with Crippen LogP contribution in [0.15, 0.2) is 30.3 Å². The SMILES string of the molecule is CCOC(=O)c1nc(N)c(-c2ccccc2)c(C(=O)OCC)n1. The number of nitrogens with zero attached hydrogens (tertiary/aromatic N) is 2. The van der Waals surface area contributed by atoms with Crippen molar-refractivity contribution >= 4 is 17.8 Å². The molecule has 7 heteroatoms. The van der Waals surface area contributed by atoms with E-state index in [1.807, 2.05) is 6.07 Å². The van der Waals surface area contributed by atoms with Crippen molar-refractivity contribution in [1.82, 2.24) is 9.97 Å². The highest BCUT2D eigenvalue weighted by atomic mass is 16.5. The largest absolute Gasteiger partial charge is 0.461 e. The third-order valence-electron chi connectivity index (χ3n) is 2.93.